The van der Waals surface area contributed by atoms with Crippen LogP contribution in [0.15, 0.2) is 401 Å². The monoisotopic (exact) mass is 1340 g/mol. The lowest BCUT2D eigenvalue weighted by Crippen LogP contribution is -1.99. The molecule has 0 aliphatic rings. The van der Waals surface area contributed by atoms with Gasteiger partial charge in [-0.3, -0.25) is 0 Å². The molecule has 0 atom stereocenters. The fourth-order valence-corrected chi connectivity index (χ4v) is 15.4. The lowest BCUT2D eigenvalue weighted by Gasteiger charge is -2.21. The Morgan fingerprint density at radius 1 is 0.143 bits per heavy atom. The summed E-state index contributed by atoms with van der Waals surface area (Å²) in [7, 11) is 0. The van der Waals surface area contributed by atoms with Crippen molar-refractivity contribution < 1.29 is 0 Å². The summed E-state index contributed by atoms with van der Waals surface area (Å²) in [6, 6.07) is 139. The van der Waals surface area contributed by atoms with Crippen molar-refractivity contribution in [2.75, 3.05) is 0 Å². The average Bonchev–Trinajstić information content (AvgIpc) is 1.72. The van der Waals surface area contributed by atoms with E-state index in [4.69, 9.17) is 15.3 Å². The van der Waals surface area contributed by atoms with Gasteiger partial charge in [-0.25, -0.2) is 14.0 Å². The quantitative estimate of drug-likeness (QED) is 0.103. The number of nitrogens with zero attached hydrogens (tertiary/aromatic N) is 6. The van der Waals surface area contributed by atoms with E-state index in [1.165, 1.54) is 0 Å². The highest BCUT2D eigenvalue weighted by Crippen LogP contribution is 2.48. The maximum atomic E-state index is 5.01. The molecular weight excluding hydrogens is 1270 g/mol. The molecule has 0 saturated carbocycles. The first-order valence-electron chi connectivity index (χ1n) is 35.7. The van der Waals surface area contributed by atoms with Gasteiger partial charge in [0.1, 0.15) is 0 Å². The van der Waals surface area contributed by atoms with E-state index in [2.05, 4.69) is 396 Å². The third-order valence-corrected chi connectivity index (χ3v) is 20.5. The highest BCUT2D eigenvalue weighted by molar-refractivity contribution is 6.01. The summed E-state index contributed by atoms with van der Waals surface area (Å²) in [5.41, 5.74) is 32.7. The van der Waals surface area contributed by atoms with Gasteiger partial charge in [0.15, 0.2) is 0 Å². The molecule has 0 bridgehead atoms. The van der Waals surface area contributed by atoms with Gasteiger partial charge in [0.2, 0.25) is 0 Å². The predicted octanol–water partition coefficient (Wildman–Crippen LogP) is 25.7. The summed E-state index contributed by atoms with van der Waals surface area (Å²) < 4.78 is 6.20. The van der Waals surface area contributed by atoms with Crippen LogP contribution in [-0.2, 0) is 0 Å². The van der Waals surface area contributed by atoms with E-state index in [9.17, 15) is 0 Å². The van der Waals surface area contributed by atoms with E-state index in [0.29, 0.717) is 0 Å². The molecule has 0 amide bonds. The predicted molar refractivity (Wildman–Crippen MR) is 436 cm³/mol. The highest BCUT2D eigenvalue weighted by Gasteiger charge is 2.23. The van der Waals surface area contributed by atoms with E-state index in [0.717, 1.165) is 183 Å². The molecule has 0 unspecified atom stereocenters. The molecule has 0 spiro atoms. The van der Waals surface area contributed by atoms with Crippen molar-refractivity contribution in [2.45, 2.75) is 0 Å². The molecular formula is C99H66N6. The fraction of sp³-hybridized carbons (Fsp3) is 0. The van der Waals surface area contributed by atoms with E-state index in [1.807, 2.05) is 18.6 Å². The van der Waals surface area contributed by atoms with Gasteiger partial charge in [-0.15, -0.1) is 0 Å². The summed E-state index contributed by atoms with van der Waals surface area (Å²) in [6.07, 6.45) is 5.87. The van der Waals surface area contributed by atoms with Gasteiger partial charge in [0.25, 0.3) is 0 Å². The number of hydrogen-bond donors (Lipinski definition) is 0. The summed E-state index contributed by atoms with van der Waals surface area (Å²) >= 11 is 0. The highest BCUT2D eigenvalue weighted by atomic mass is 15.3. The van der Waals surface area contributed by atoms with E-state index in [-0.39, 0.29) is 0 Å². The normalized spacial score (nSPS) is 11.4. The number of rotatable bonds is 15. The summed E-state index contributed by atoms with van der Waals surface area (Å²) in [4.78, 5) is 0. The molecule has 0 radical (unpaired) electrons. The molecule has 0 N–H and O–H groups in total. The van der Waals surface area contributed by atoms with Crippen molar-refractivity contribution in [3.05, 3.63) is 401 Å². The number of para-hydroxylation sites is 3. The van der Waals surface area contributed by atoms with Gasteiger partial charge >= 0.3 is 0 Å². The topological polar surface area (TPSA) is 53.5 Å². The average molecular weight is 1340 g/mol. The summed E-state index contributed by atoms with van der Waals surface area (Å²) in [5.74, 6) is 0. The van der Waals surface area contributed by atoms with Gasteiger partial charge in [-0.2, -0.15) is 15.3 Å². The van der Waals surface area contributed by atoms with Crippen LogP contribution in [0.4, 0.5) is 0 Å². The minimum Gasteiger partial charge on any atom is -0.233 e. The first-order chi connectivity index (χ1) is 52.0. The van der Waals surface area contributed by atoms with Crippen molar-refractivity contribution in [2.24, 2.45) is 0 Å². The maximum Gasteiger partial charge on any atom is 0.0741 e. The van der Waals surface area contributed by atoms with Crippen LogP contribution >= 0.6 is 0 Å². The van der Waals surface area contributed by atoms with Crippen molar-refractivity contribution in [3.8, 4) is 151 Å². The molecule has 0 aliphatic carbocycles. The van der Waals surface area contributed by atoms with Crippen LogP contribution in [-0.4, -0.2) is 29.3 Å². The zero-order chi connectivity index (χ0) is 69.6. The minimum absolute atomic E-state index is 0.976. The second kappa shape index (κ2) is 26.8. The molecule has 0 fully saturated rings. The zero-order valence-corrected chi connectivity index (χ0v) is 57.3. The number of benzene rings is 16. The van der Waals surface area contributed by atoms with Gasteiger partial charge in [0.05, 0.1) is 52.2 Å². The molecule has 19 aromatic rings. The fourth-order valence-electron chi connectivity index (χ4n) is 15.4. The Kier molecular flexibility index (Phi) is 15.8. The van der Waals surface area contributed by atoms with E-state index in [1.54, 1.807) is 0 Å². The van der Waals surface area contributed by atoms with Crippen molar-refractivity contribution in [3.63, 3.8) is 0 Å². The van der Waals surface area contributed by atoms with Crippen molar-refractivity contribution in [1.82, 2.24) is 29.3 Å². The van der Waals surface area contributed by atoms with E-state index >= 15 is 0 Å². The first kappa shape index (κ1) is 62.0. The van der Waals surface area contributed by atoms with Crippen LogP contribution in [0.5, 0.6) is 0 Å². The lowest BCUT2D eigenvalue weighted by molar-refractivity contribution is 0.911. The van der Waals surface area contributed by atoms with Crippen LogP contribution < -0.4 is 0 Å². The molecule has 3 heterocycles. The van der Waals surface area contributed by atoms with Gasteiger partial charge in [-0.1, -0.05) is 291 Å². The maximum absolute atomic E-state index is 5.01. The Labute approximate surface area is 609 Å². The molecule has 105 heavy (non-hydrogen) atoms. The van der Waals surface area contributed by atoms with Crippen molar-refractivity contribution >= 4 is 32.7 Å². The Bertz CT molecular complexity index is 5840. The lowest BCUT2D eigenvalue weighted by atomic mass is 9.83. The van der Waals surface area contributed by atoms with Gasteiger partial charge in [0, 0.05) is 16.2 Å². The molecule has 6 heteroatoms. The van der Waals surface area contributed by atoms with Gasteiger partial charge in [-0.05, 0) is 225 Å². The number of hydrogen-bond acceptors (Lipinski definition) is 3. The van der Waals surface area contributed by atoms with Crippen LogP contribution in [0.2, 0.25) is 0 Å². The van der Waals surface area contributed by atoms with Crippen LogP contribution in [0.3, 0.4) is 0 Å². The SMILES string of the molecule is c1ccc(-c2cccc(-c3cc(-n4ncc5ccccc54)ccc3-c3ccccc3-c3cc(-c4ccccc4-c4ccc(-n5ncc6ccccc65)cc4-c4cccc(-c5ccccc5)c4)cc(-c4ccccc4-c4ccc(-n5ncc6ccccc65)cc4-c4cccc(-c5ccccc5)c4)c3)c2)cc1. The molecule has 6 nitrogen and oxygen atoms in total. The molecule has 0 saturated heterocycles. The smallest absolute Gasteiger partial charge is 0.0741 e. The Morgan fingerprint density at radius 3 is 0.676 bits per heavy atom. The van der Waals surface area contributed by atoms with E-state index < -0.39 is 0 Å². The zero-order valence-electron chi connectivity index (χ0n) is 57.3. The Hall–Kier alpha value is -14.1. The first-order valence-corrected chi connectivity index (χ1v) is 35.7. The molecule has 16 aromatic carbocycles. The largest absolute Gasteiger partial charge is 0.233 e. The van der Waals surface area contributed by atoms with Crippen LogP contribution in [0.1, 0.15) is 0 Å². The number of aromatic nitrogens is 6. The van der Waals surface area contributed by atoms with Crippen LogP contribution in [0, 0.1) is 0 Å². The third kappa shape index (κ3) is 11.7. The summed E-state index contributed by atoms with van der Waals surface area (Å²) in [6.45, 7) is 0. The molecule has 492 valence electrons. The molecule has 0 aliphatic heterocycles. The molecule has 19 rings (SSSR count). The third-order valence-electron chi connectivity index (χ3n) is 20.5. The molecule has 3 aromatic heterocycles. The Balaban J connectivity index is 0.842. The summed E-state index contributed by atoms with van der Waals surface area (Å²) in [5, 5.41) is 18.3. The second-order valence-electron chi connectivity index (χ2n) is 26.8. The Morgan fingerprint density at radius 2 is 0.371 bits per heavy atom. The number of fused-ring (bicyclic) bond motifs is 3. The minimum atomic E-state index is 0.976. The standard InChI is InChI=1S/C99H66N6/c1-4-25-67(26-5-1)70-34-22-37-73(55-70)94-61-82(103-97-46-19-10-31-76(97)64-100-103)49-52-91(94)88-43-16-13-40-85(88)79-58-80(86-41-14-17-44-89(86)92-53-50-83(104-98-47-20-11-32-77(98)65-101-104)62-95(92)74-38-23-35-71(56-74)68-27-6-2-7-28-68)60-81(59-79)87-42-15-18-45-90(87)93-54-51-84(105-99-48-21-12-33-78(99)66-102-105)63-96(93)75-39-24-36-72(57-75)69-29-8-3-9-30-69/h1-66H. The van der Waals surface area contributed by atoms with Gasteiger partial charge < -0.3 is 0 Å². The van der Waals surface area contributed by atoms with Crippen molar-refractivity contribution in [1.29, 1.82) is 0 Å². The van der Waals surface area contributed by atoms with Crippen LogP contribution in [0.25, 0.3) is 183 Å². The second-order valence-corrected chi connectivity index (χ2v) is 26.8.